The van der Waals surface area contributed by atoms with Crippen molar-refractivity contribution in [2.45, 2.75) is 19.9 Å². The van der Waals surface area contributed by atoms with Gasteiger partial charge in [-0.3, -0.25) is 0 Å². The summed E-state index contributed by atoms with van der Waals surface area (Å²) in [4.78, 5) is 0. The molecule has 131 valence electrons. The number of rotatable bonds is 4. The van der Waals surface area contributed by atoms with Crippen molar-refractivity contribution in [3.05, 3.63) is 95.7 Å². The maximum absolute atomic E-state index is 5.99. The van der Waals surface area contributed by atoms with Gasteiger partial charge in [0.2, 0.25) is 5.88 Å². The Morgan fingerprint density at radius 1 is 0.962 bits per heavy atom. The summed E-state index contributed by atoms with van der Waals surface area (Å²) in [6, 6.07) is 21.8. The van der Waals surface area contributed by atoms with Gasteiger partial charge in [-0.25, -0.2) is 5.32 Å². The topological polar surface area (TPSA) is 23.3 Å². The molecule has 1 aliphatic carbocycles. The molecule has 1 saturated heterocycles. The minimum atomic E-state index is -0.636. The number of benzene rings is 2. The lowest BCUT2D eigenvalue weighted by atomic mass is 10.1. The summed E-state index contributed by atoms with van der Waals surface area (Å²) in [6.07, 6.45) is 6.51. The molecule has 2 aromatic rings. The van der Waals surface area contributed by atoms with Crippen LogP contribution >= 0.6 is 7.92 Å². The van der Waals surface area contributed by atoms with Gasteiger partial charge in [0.15, 0.2) is 0 Å². The van der Waals surface area contributed by atoms with Crippen LogP contribution in [0.25, 0.3) is 0 Å². The third-order valence-corrected chi connectivity index (χ3v) is 7.24. The Kier molecular flexibility index (Phi) is 4.95. The molecule has 0 saturated carbocycles. The maximum atomic E-state index is 5.99. The predicted molar refractivity (Wildman–Crippen MR) is 110 cm³/mol. The summed E-state index contributed by atoms with van der Waals surface area (Å²) in [5, 5.41) is 8.88. The molecule has 2 aromatic carbocycles. The van der Waals surface area contributed by atoms with Gasteiger partial charge in [0.1, 0.15) is 6.61 Å². The lowest BCUT2D eigenvalue weighted by Crippen LogP contribution is -2.23. The van der Waals surface area contributed by atoms with Crippen LogP contribution in [0.1, 0.15) is 13.8 Å². The summed E-state index contributed by atoms with van der Waals surface area (Å²) < 4.78 is 5.99. The highest BCUT2D eigenvalue weighted by Crippen LogP contribution is 2.49. The van der Waals surface area contributed by atoms with Crippen molar-refractivity contribution in [3.8, 4) is 0 Å². The molecule has 2 nitrogen and oxygen atoms in total. The summed E-state index contributed by atoms with van der Waals surface area (Å²) in [7, 11) is -0.636. The van der Waals surface area contributed by atoms with Crippen LogP contribution in [0.15, 0.2) is 95.7 Å². The van der Waals surface area contributed by atoms with Crippen molar-refractivity contribution in [1.82, 2.24) is 5.32 Å². The summed E-state index contributed by atoms with van der Waals surface area (Å²) in [5.74, 6) is 1.30. The molecule has 0 amide bonds. The van der Waals surface area contributed by atoms with Crippen LogP contribution in [0.5, 0.6) is 0 Å². The van der Waals surface area contributed by atoms with E-state index in [2.05, 4.69) is 92.7 Å². The minimum absolute atomic E-state index is 0.257. The van der Waals surface area contributed by atoms with E-state index >= 15 is 0 Å². The second-order valence-electron chi connectivity index (χ2n) is 6.89. The molecule has 0 unspecified atom stereocenters. The average molecular weight is 360 g/mol. The Labute approximate surface area is 157 Å². The van der Waals surface area contributed by atoms with Crippen molar-refractivity contribution < 1.29 is 4.74 Å². The molecule has 1 heterocycles. The quantitative estimate of drug-likeness (QED) is 0.739. The number of ether oxygens (including phenoxy) is 1. The molecule has 26 heavy (non-hydrogen) atoms. The van der Waals surface area contributed by atoms with Crippen LogP contribution in [0.3, 0.4) is 0 Å². The third-order valence-electron chi connectivity index (χ3n) is 4.74. The van der Waals surface area contributed by atoms with E-state index in [4.69, 9.17) is 10.1 Å². The first-order chi connectivity index (χ1) is 12.7. The fourth-order valence-corrected chi connectivity index (χ4v) is 5.69. The van der Waals surface area contributed by atoms with Crippen molar-refractivity contribution in [2.75, 3.05) is 6.61 Å². The summed E-state index contributed by atoms with van der Waals surface area (Å²) in [5.41, 5.74) is 1.15. The first-order valence-corrected chi connectivity index (χ1v) is 10.4. The van der Waals surface area contributed by atoms with Gasteiger partial charge in [0.05, 0.1) is 6.04 Å². The highest BCUT2D eigenvalue weighted by molar-refractivity contribution is 7.77. The van der Waals surface area contributed by atoms with Gasteiger partial charge < -0.3 is 4.74 Å². The molecule has 0 N–H and O–H groups in total. The average Bonchev–Trinajstić information content (AvgIpc) is 3.33. The molecule has 1 atom stereocenters. The van der Waals surface area contributed by atoms with E-state index in [-0.39, 0.29) is 6.04 Å². The van der Waals surface area contributed by atoms with Crippen LogP contribution in [0.4, 0.5) is 0 Å². The Balaban J connectivity index is 1.75. The predicted octanol–water partition coefficient (Wildman–Crippen LogP) is 4.44. The number of allylic oxidation sites excluding steroid dienone is 5. The molecule has 0 aromatic heterocycles. The Bertz CT molecular complexity index is 813. The van der Waals surface area contributed by atoms with E-state index in [0.29, 0.717) is 12.5 Å². The molecular weight excluding hydrogens is 337 g/mol. The second-order valence-corrected chi connectivity index (χ2v) is 9.07. The SMILES string of the molecule is CC(C)[C@H]1COC(=C2C=CC=C2P(c2ccccc2)c2ccccc2)[N]1. The maximum Gasteiger partial charge on any atom is 0.217 e. The molecule has 0 bridgehead atoms. The Hall–Kier alpha value is -2.31. The summed E-state index contributed by atoms with van der Waals surface area (Å²) >= 11 is 0. The number of hydrogen-bond acceptors (Lipinski definition) is 1. The van der Waals surface area contributed by atoms with Crippen LogP contribution < -0.4 is 15.9 Å². The van der Waals surface area contributed by atoms with Gasteiger partial charge in [-0.15, -0.1) is 0 Å². The third kappa shape index (κ3) is 3.34. The van der Waals surface area contributed by atoms with E-state index in [1.165, 1.54) is 15.9 Å². The molecule has 1 radical (unpaired) electrons. The second kappa shape index (κ2) is 7.51. The number of nitrogens with zero attached hydrogens (tertiary/aromatic N) is 1. The monoisotopic (exact) mass is 360 g/mol. The molecule has 4 rings (SSSR count). The molecule has 1 aliphatic heterocycles. The zero-order chi connectivity index (χ0) is 17.9. The van der Waals surface area contributed by atoms with Gasteiger partial charge in [-0.1, -0.05) is 86.7 Å². The first kappa shape index (κ1) is 17.1. The smallest absolute Gasteiger partial charge is 0.217 e. The normalized spacial score (nSPS) is 21.8. The lowest BCUT2D eigenvalue weighted by Gasteiger charge is -2.22. The minimum Gasteiger partial charge on any atom is -0.475 e. The van der Waals surface area contributed by atoms with E-state index in [1.54, 1.807) is 0 Å². The van der Waals surface area contributed by atoms with Gasteiger partial charge >= 0.3 is 0 Å². The van der Waals surface area contributed by atoms with E-state index < -0.39 is 7.92 Å². The van der Waals surface area contributed by atoms with Gasteiger partial charge in [0, 0.05) is 5.57 Å². The summed E-state index contributed by atoms with van der Waals surface area (Å²) in [6.45, 7) is 5.09. The highest BCUT2D eigenvalue weighted by Gasteiger charge is 2.31. The first-order valence-electron chi connectivity index (χ1n) is 9.11. The molecular formula is C23H23NOP. The van der Waals surface area contributed by atoms with Crippen molar-refractivity contribution in [3.63, 3.8) is 0 Å². The van der Waals surface area contributed by atoms with Gasteiger partial charge in [-0.2, -0.15) is 0 Å². The van der Waals surface area contributed by atoms with E-state index in [9.17, 15) is 0 Å². The van der Waals surface area contributed by atoms with Crippen LogP contribution in [-0.2, 0) is 4.74 Å². The van der Waals surface area contributed by atoms with Gasteiger partial charge in [-0.05, 0) is 35.8 Å². The fourth-order valence-electron chi connectivity index (χ4n) is 3.25. The largest absolute Gasteiger partial charge is 0.475 e. The molecule has 3 heteroatoms. The Morgan fingerprint density at radius 2 is 1.58 bits per heavy atom. The standard InChI is InChI=1S/C23H23NOP/c1-17(2)21-16-25-23(24-21)20-14-9-15-22(20)26(18-10-5-3-6-11-18)19-12-7-4-8-13-19/h3-15,17,21H,16H2,1-2H3/t21-/m1/s1. The zero-order valence-corrected chi connectivity index (χ0v) is 16.1. The van der Waals surface area contributed by atoms with E-state index in [0.717, 1.165) is 11.5 Å². The van der Waals surface area contributed by atoms with Crippen LogP contribution in [-0.4, -0.2) is 12.6 Å². The molecule has 0 spiro atoms. The van der Waals surface area contributed by atoms with Crippen molar-refractivity contribution in [2.24, 2.45) is 5.92 Å². The van der Waals surface area contributed by atoms with Gasteiger partial charge in [0.25, 0.3) is 0 Å². The molecule has 1 fully saturated rings. The lowest BCUT2D eigenvalue weighted by molar-refractivity contribution is 0.242. The van der Waals surface area contributed by atoms with Crippen molar-refractivity contribution in [1.29, 1.82) is 0 Å². The van der Waals surface area contributed by atoms with E-state index in [1.807, 2.05) is 0 Å². The highest BCUT2D eigenvalue weighted by atomic mass is 31.1. The fraction of sp³-hybridized carbons (Fsp3) is 0.217. The number of hydrogen-bond donors (Lipinski definition) is 0. The molecule has 2 aliphatic rings. The van der Waals surface area contributed by atoms with Crippen LogP contribution in [0.2, 0.25) is 0 Å². The van der Waals surface area contributed by atoms with Crippen molar-refractivity contribution >= 4 is 18.5 Å². The zero-order valence-electron chi connectivity index (χ0n) is 15.2. The van der Waals surface area contributed by atoms with Crippen LogP contribution in [0, 0.1) is 5.92 Å². The Morgan fingerprint density at radius 3 is 2.12 bits per heavy atom.